The fraction of sp³-hybridized carbons (Fsp3) is 0.250. The molecule has 0 fully saturated rings. The summed E-state index contributed by atoms with van der Waals surface area (Å²) >= 11 is 0. The Kier molecular flexibility index (Phi) is 3.22. The van der Waals surface area contributed by atoms with Crippen molar-refractivity contribution < 1.29 is 4.79 Å². The lowest BCUT2D eigenvalue weighted by atomic mass is 10.3. The van der Waals surface area contributed by atoms with Gasteiger partial charge < -0.3 is 11.1 Å². The van der Waals surface area contributed by atoms with Gasteiger partial charge in [0.15, 0.2) is 0 Å². The molecule has 0 spiro atoms. The van der Waals surface area contributed by atoms with E-state index in [0.717, 1.165) is 5.69 Å². The molecular formula is C8H11N3O. The van der Waals surface area contributed by atoms with E-state index in [2.05, 4.69) is 10.3 Å². The largest absolute Gasteiger partial charge is 0.349 e. The van der Waals surface area contributed by atoms with Gasteiger partial charge >= 0.3 is 0 Å². The van der Waals surface area contributed by atoms with Gasteiger partial charge in [0.1, 0.15) is 0 Å². The van der Waals surface area contributed by atoms with Gasteiger partial charge in [-0.2, -0.15) is 0 Å². The molecule has 64 valence electrons. The highest BCUT2D eigenvalue weighted by Gasteiger charge is 1.96. The van der Waals surface area contributed by atoms with Crippen LogP contribution >= 0.6 is 0 Å². The summed E-state index contributed by atoms with van der Waals surface area (Å²) in [5.41, 5.74) is 5.94. The van der Waals surface area contributed by atoms with Crippen molar-refractivity contribution in [2.45, 2.75) is 6.54 Å². The molecule has 1 aromatic heterocycles. The molecule has 0 atom stereocenters. The Morgan fingerprint density at radius 2 is 2.42 bits per heavy atom. The molecular weight excluding hydrogens is 154 g/mol. The number of aromatic nitrogens is 1. The Bertz CT molecular complexity index is 248. The van der Waals surface area contributed by atoms with E-state index in [9.17, 15) is 4.79 Å². The molecule has 4 nitrogen and oxygen atoms in total. The van der Waals surface area contributed by atoms with Crippen LogP contribution in [0.4, 0.5) is 0 Å². The average molecular weight is 165 g/mol. The molecule has 0 aromatic carbocycles. The molecule has 12 heavy (non-hydrogen) atoms. The summed E-state index contributed by atoms with van der Waals surface area (Å²) in [5.74, 6) is -0.166. The van der Waals surface area contributed by atoms with Gasteiger partial charge in [-0.3, -0.25) is 9.78 Å². The number of carbonyl (C=O) groups is 1. The molecule has 0 aliphatic rings. The Morgan fingerprint density at radius 1 is 1.58 bits per heavy atom. The minimum Gasteiger partial charge on any atom is -0.349 e. The van der Waals surface area contributed by atoms with Crippen molar-refractivity contribution >= 4 is 5.91 Å². The SMILES string of the molecule is NCC(=O)NCc1ccccn1. The van der Waals surface area contributed by atoms with Crippen LogP contribution in [0.15, 0.2) is 24.4 Å². The Morgan fingerprint density at radius 3 is 3.00 bits per heavy atom. The number of pyridine rings is 1. The predicted octanol–water partition coefficient (Wildman–Crippen LogP) is -0.344. The number of carbonyl (C=O) groups excluding carboxylic acids is 1. The molecule has 1 amide bonds. The fourth-order valence-electron chi connectivity index (χ4n) is 0.764. The molecule has 0 bridgehead atoms. The lowest BCUT2D eigenvalue weighted by molar-refractivity contribution is -0.119. The molecule has 3 N–H and O–H groups in total. The molecule has 1 rings (SSSR count). The molecule has 0 aliphatic carbocycles. The molecule has 1 aromatic rings. The zero-order valence-corrected chi connectivity index (χ0v) is 6.66. The van der Waals surface area contributed by atoms with E-state index in [4.69, 9.17) is 5.73 Å². The monoisotopic (exact) mass is 165 g/mol. The number of rotatable bonds is 3. The van der Waals surface area contributed by atoms with Gasteiger partial charge in [0.05, 0.1) is 18.8 Å². The first-order valence-electron chi connectivity index (χ1n) is 3.69. The van der Waals surface area contributed by atoms with Crippen LogP contribution in [0.3, 0.4) is 0 Å². The normalized spacial score (nSPS) is 9.42. The second kappa shape index (κ2) is 4.46. The van der Waals surface area contributed by atoms with Gasteiger partial charge in [0.2, 0.25) is 5.91 Å². The van der Waals surface area contributed by atoms with Crippen LogP contribution in [-0.2, 0) is 11.3 Å². The van der Waals surface area contributed by atoms with Crippen LogP contribution in [0.25, 0.3) is 0 Å². The summed E-state index contributed by atoms with van der Waals surface area (Å²) in [4.78, 5) is 14.8. The maximum absolute atomic E-state index is 10.7. The smallest absolute Gasteiger partial charge is 0.234 e. The summed E-state index contributed by atoms with van der Waals surface area (Å²) in [6, 6.07) is 5.54. The van der Waals surface area contributed by atoms with Crippen LogP contribution in [0.1, 0.15) is 5.69 Å². The fourth-order valence-corrected chi connectivity index (χ4v) is 0.764. The van der Waals surface area contributed by atoms with E-state index in [-0.39, 0.29) is 12.5 Å². The zero-order chi connectivity index (χ0) is 8.81. The molecule has 4 heteroatoms. The van der Waals surface area contributed by atoms with Crippen molar-refractivity contribution in [2.24, 2.45) is 5.73 Å². The van der Waals surface area contributed by atoms with Crippen LogP contribution in [0, 0.1) is 0 Å². The number of nitrogens with zero attached hydrogens (tertiary/aromatic N) is 1. The van der Waals surface area contributed by atoms with Gasteiger partial charge in [0.25, 0.3) is 0 Å². The highest BCUT2D eigenvalue weighted by atomic mass is 16.1. The Hall–Kier alpha value is -1.42. The molecule has 1 heterocycles. The van der Waals surface area contributed by atoms with Crippen LogP contribution in [-0.4, -0.2) is 17.4 Å². The number of hydrogen-bond acceptors (Lipinski definition) is 3. The first-order chi connectivity index (χ1) is 5.83. The first-order valence-corrected chi connectivity index (χ1v) is 3.69. The van der Waals surface area contributed by atoms with Gasteiger partial charge in [-0.25, -0.2) is 0 Å². The van der Waals surface area contributed by atoms with Crippen LogP contribution < -0.4 is 11.1 Å². The third kappa shape index (κ3) is 2.67. The van der Waals surface area contributed by atoms with E-state index < -0.39 is 0 Å². The Labute approximate surface area is 70.8 Å². The lowest BCUT2D eigenvalue weighted by Gasteiger charge is -2.01. The number of nitrogens with one attached hydrogen (secondary N) is 1. The van der Waals surface area contributed by atoms with Crippen molar-refractivity contribution in [3.63, 3.8) is 0 Å². The zero-order valence-electron chi connectivity index (χ0n) is 6.66. The molecule has 0 radical (unpaired) electrons. The maximum Gasteiger partial charge on any atom is 0.234 e. The maximum atomic E-state index is 10.7. The van der Waals surface area contributed by atoms with Crippen molar-refractivity contribution in [3.05, 3.63) is 30.1 Å². The van der Waals surface area contributed by atoms with E-state index >= 15 is 0 Å². The number of nitrogens with two attached hydrogens (primary N) is 1. The van der Waals surface area contributed by atoms with E-state index in [1.165, 1.54) is 0 Å². The summed E-state index contributed by atoms with van der Waals surface area (Å²) in [5, 5.41) is 2.62. The quantitative estimate of drug-likeness (QED) is 0.643. The molecule has 0 unspecified atom stereocenters. The van der Waals surface area contributed by atoms with Gasteiger partial charge in [-0.1, -0.05) is 6.07 Å². The second-order valence-electron chi connectivity index (χ2n) is 2.30. The van der Waals surface area contributed by atoms with Gasteiger partial charge in [-0.05, 0) is 12.1 Å². The number of hydrogen-bond donors (Lipinski definition) is 2. The van der Waals surface area contributed by atoms with Crippen LogP contribution in [0.5, 0.6) is 0 Å². The summed E-state index contributed by atoms with van der Waals surface area (Å²) in [6.07, 6.45) is 1.68. The van der Waals surface area contributed by atoms with Crippen molar-refractivity contribution in [2.75, 3.05) is 6.54 Å². The predicted molar refractivity (Wildman–Crippen MR) is 45.1 cm³/mol. The first kappa shape index (κ1) is 8.67. The van der Waals surface area contributed by atoms with Crippen LogP contribution in [0.2, 0.25) is 0 Å². The third-order valence-electron chi connectivity index (χ3n) is 1.38. The highest BCUT2D eigenvalue weighted by molar-refractivity contribution is 5.77. The highest BCUT2D eigenvalue weighted by Crippen LogP contribution is 1.90. The summed E-state index contributed by atoms with van der Waals surface area (Å²) in [7, 11) is 0. The van der Waals surface area contributed by atoms with Crippen molar-refractivity contribution in [1.29, 1.82) is 0 Å². The standard InChI is InChI=1S/C8H11N3O/c9-5-8(12)11-6-7-3-1-2-4-10-7/h1-4H,5-6,9H2,(H,11,12). The molecule has 0 saturated carbocycles. The average Bonchev–Trinajstić information content (AvgIpc) is 2.16. The minimum absolute atomic E-state index is 0.0207. The second-order valence-corrected chi connectivity index (χ2v) is 2.30. The van der Waals surface area contributed by atoms with Gasteiger partial charge in [-0.15, -0.1) is 0 Å². The van der Waals surface area contributed by atoms with E-state index in [1.807, 2.05) is 18.2 Å². The van der Waals surface area contributed by atoms with E-state index in [1.54, 1.807) is 6.20 Å². The topological polar surface area (TPSA) is 68.0 Å². The summed E-state index contributed by atoms with van der Waals surface area (Å²) < 4.78 is 0. The third-order valence-corrected chi connectivity index (χ3v) is 1.38. The summed E-state index contributed by atoms with van der Waals surface area (Å²) in [6.45, 7) is 0.462. The van der Waals surface area contributed by atoms with Gasteiger partial charge in [0, 0.05) is 6.20 Å². The minimum atomic E-state index is -0.166. The molecule has 0 saturated heterocycles. The van der Waals surface area contributed by atoms with E-state index in [0.29, 0.717) is 6.54 Å². The Balaban J connectivity index is 2.38. The lowest BCUT2D eigenvalue weighted by Crippen LogP contribution is -2.29. The van der Waals surface area contributed by atoms with Crippen molar-refractivity contribution in [1.82, 2.24) is 10.3 Å². The van der Waals surface area contributed by atoms with Crippen molar-refractivity contribution in [3.8, 4) is 0 Å². The molecule has 0 aliphatic heterocycles. The number of amides is 1.